The summed E-state index contributed by atoms with van der Waals surface area (Å²) in [4.78, 5) is 13.4. The standard InChI is InChI=1S/C14H12BrNO/c15-12-3-1-11-8-13(4-2-10(11)7-12)16-6-5-14(17)9-16/h1-4,7-8H,5-6,9H2. The lowest BCUT2D eigenvalue weighted by Crippen LogP contribution is -2.19. The van der Waals surface area contributed by atoms with Crippen molar-refractivity contribution in [2.45, 2.75) is 6.42 Å². The number of Topliss-reactive ketones (excluding diaryl/α,β-unsaturated/α-hetero) is 1. The molecule has 0 aromatic heterocycles. The van der Waals surface area contributed by atoms with E-state index in [1.807, 2.05) is 6.07 Å². The Kier molecular flexibility index (Phi) is 2.63. The molecule has 0 radical (unpaired) electrons. The van der Waals surface area contributed by atoms with Crippen molar-refractivity contribution in [2.75, 3.05) is 18.0 Å². The lowest BCUT2D eigenvalue weighted by atomic mass is 10.1. The van der Waals surface area contributed by atoms with Gasteiger partial charge in [-0.3, -0.25) is 4.79 Å². The Labute approximate surface area is 108 Å². The average Bonchev–Trinajstić information content (AvgIpc) is 2.75. The highest BCUT2D eigenvalue weighted by Crippen LogP contribution is 2.26. The largest absolute Gasteiger partial charge is 0.364 e. The van der Waals surface area contributed by atoms with Gasteiger partial charge in [0, 0.05) is 23.1 Å². The van der Waals surface area contributed by atoms with E-state index in [2.05, 4.69) is 51.2 Å². The Morgan fingerprint density at radius 3 is 2.59 bits per heavy atom. The highest BCUT2D eigenvalue weighted by molar-refractivity contribution is 9.10. The second-order valence-electron chi connectivity index (χ2n) is 4.39. The minimum Gasteiger partial charge on any atom is -0.364 e. The number of anilines is 1. The van der Waals surface area contributed by atoms with Gasteiger partial charge < -0.3 is 4.90 Å². The van der Waals surface area contributed by atoms with Crippen LogP contribution in [0.25, 0.3) is 10.8 Å². The van der Waals surface area contributed by atoms with Gasteiger partial charge in [-0.05, 0) is 35.0 Å². The van der Waals surface area contributed by atoms with E-state index in [-0.39, 0.29) is 0 Å². The van der Waals surface area contributed by atoms with Crippen LogP contribution in [0.4, 0.5) is 5.69 Å². The van der Waals surface area contributed by atoms with Gasteiger partial charge in [0.1, 0.15) is 0 Å². The van der Waals surface area contributed by atoms with Gasteiger partial charge in [0.05, 0.1) is 6.54 Å². The molecule has 1 heterocycles. The Bertz CT molecular complexity index is 594. The highest BCUT2D eigenvalue weighted by atomic mass is 79.9. The number of hydrogen-bond acceptors (Lipinski definition) is 2. The number of benzene rings is 2. The summed E-state index contributed by atoms with van der Waals surface area (Å²) in [7, 11) is 0. The number of fused-ring (bicyclic) bond motifs is 1. The van der Waals surface area contributed by atoms with Gasteiger partial charge >= 0.3 is 0 Å². The zero-order valence-electron chi connectivity index (χ0n) is 9.32. The van der Waals surface area contributed by atoms with Crippen molar-refractivity contribution in [3.63, 3.8) is 0 Å². The number of carbonyl (C=O) groups is 1. The third kappa shape index (κ3) is 2.07. The van der Waals surface area contributed by atoms with E-state index in [1.165, 1.54) is 10.8 Å². The van der Waals surface area contributed by atoms with Crippen molar-refractivity contribution in [2.24, 2.45) is 0 Å². The quantitative estimate of drug-likeness (QED) is 0.802. The van der Waals surface area contributed by atoms with Crippen LogP contribution in [0.3, 0.4) is 0 Å². The molecule has 0 N–H and O–H groups in total. The molecular weight excluding hydrogens is 278 g/mol. The zero-order valence-corrected chi connectivity index (χ0v) is 10.9. The maximum Gasteiger partial charge on any atom is 0.153 e. The molecule has 1 aliphatic rings. The fraction of sp³-hybridized carbons (Fsp3) is 0.214. The minimum atomic E-state index is 0.334. The van der Waals surface area contributed by atoms with E-state index in [9.17, 15) is 4.79 Å². The molecule has 0 amide bonds. The SMILES string of the molecule is O=C1CCN(c2ccc3cc(Br)ccc3c2)C1. The van der Waals surface area contributed by atoms with Crippen molar-refractivity contribution >= 4 is 38.2 Å². The zero-order chi connectivity index (χ0) is 11.8. The number of carbonyl (C=O) groups excluding carboxylic acids is 1. The van der Waals surface area contributed by atoms with Crippen LogP contribution in [0.2, 0.25) is 0 Å². The number of ketones is 1. The fourth-order valence-corrected chi connectivity index (χ4v) is 2.63. The van der Waals surface area contributed by atoms with Crippen molar-refractivity contribution in [3.8, 4) is 0 Å². The lowest BCUT2D eigenvalue weighted by Gasteiger charge is -2.17. The second-order valence-corrected chi connectivity index (χ2v) is 5.30. The molecular formula is C14H12BrNO. The van der Waals surface area contributed by atoms with E-state index >= 15 is 0 Å². The maximum absolute atomic E-state index is 11.3. The summed E-state index contributed by atoms with van der Waals surface area (Å²) in [5.74, 6) is 0.334. The molecule has 1 fully saturated rings. The second kappa shape index (κ2) is 4.15. The smallest absolute Gasteiger partial charge is 0.153 e. The lowest BCUT2D eigenvalue weighted by molar-refractivity contribution is -0.116. The van der Waals surface area contributed by atoms with E-state index < -0.39 is 0 Å². The number of rotatable bonds is 1. The van der Waals surface area contributed by atoms with Gasteiger partial charge in [-0.2, -0.15) is 0 Å². The Morgan fingerprint density at radius 1 is 1.06 bits per heavy atom. The van der Waals surface area contributed by atoms with Crippen LogP contribution >= 0.6 is 15.9 Å². The molecule has 1 saturated heterocycles. The van der Waals surface area contributed by atoms with Gasteiger partial charge in [0.15, 0.2) is 5.78 Å². The summed E-state index contributed by atoms with van der Waals surface area (Å²) in [6.07, 6.45) is 0.679. The summed E-state index contributed by atoms with van der Waals surface area (Å²) >= 11 is 3.47. The summed E-state index contributed by atoms with van der Waals surface area (Å²) in [5, 5.41) is 2.43. The summed E-state index contributed by atoms with van der Waals surface area (Å²) in [6, 6.07) is 12.6. The van der Waals surface area contributed by atoms with Gasteiger partial charge in [-0.25, -0.2) is 0 Å². The minimum absolute atomic E-state index is 0.334. The summed E-state index contributed by atoms with van der Waals surface area (Å²) in [5.41, 5.74) is 1.14. The van der Waals surface area contributed by atoms with Crippen LogP contribution in [-0.4, -0.2) is 18.9 Å². The van der Waals surface area contributed by atoms with Crippen molar-refractivity contribution in [1.29, 1.82) is 0 Å². The van der Waals surface area contributed by atoms with Crippen molar-refractivity contribution in [3.05, 3.63) is 40.9 Å². The maximum atomic E-state index is 11.3. The van der Waals surface area contributed by atoms with Gasteiger partial charge in [-0.15, -0.1) is 0 Å². The Balaban J connectivity index is 2.02. The molecule has 0 bridgehead atoms. The molecule has 2 aromatic rings. The van der Waals surface area contributed by atoms with Crippen LogP contribution < -0.4 is 4.90 Å². The number of halogens is 1. The third-order valence-electron chi connectivity index (χ3n) is 3.18. The van der Waals surface area contributed by atoms with Crippen LogP contribution in [0.1, 0.15) is 6.42 Å². The molecule has 2 aromatic carbocycles. The predicted octanol–water partition coefficient (Wildman–Crippen LogP) is 3.38. The molecule has 2 nitrogen and oxygen atoms in total. The molecule has 86 valence electrons. The molecule has 17 heavy (non-hydrogen) atoms. The van der Waals surface area contributed by atoms with Gasteiger partial charge in [-0.1, -0.05) is 28.1 Å². The van der Waals surface area contributed by atoms with Crippen molar-refractivity contribution < 1.29 is 4.79 Å². The molecule has 0 spiro atoms. The van der Waals surface area contributed by atoms with Crippen LogP contribution in [0.15, 0.2) is 40.9 Å². The molecule has 0 atom stereocenters. The van der Waals surface area contributed by atoms with Crippen LogP contribution in [0, 0.1) is 0 Å². The Morgan fingerprint density at radius 2 is 1.82 bits per heavy atom. The number of nitrogens with zero attached hydrogens (tertiary/aromatic N) is 1. The fourth-order valence-electron chi connectivity index (χ4n) is 2.25. The normalized spacial score (nSPS) is 15.8. The molecule has 3 rings (SSSR count). The van der Waals surface area contributed by atoms with Crippen LogP contribution in [-0.2, 0) is 4.79 Å². The summed E-state index contributed by atoms with van der Waals surface area (Å²) < 4.78 is 1.09. The van der Waals surface area contributed by atoms with Crippen LogP contribution in [0.5, 0.6) is 0 Å². The first kappa shape index (κ1) is 10.8. The monoisotopic (exact) mass is 289 g/mol. The molecule has 1 aliphatic heterocycles. The topological polar surface area (TPSA) is 20.3 Å². The average molecular weight is 290 g/mol. The van der Waals surface area contributed by atoms with E-state index in [0.29, 0.717) is 18.7 Å². The first-order valence-electron chi connectivity index (χ1n) is 5.68. The van der Waals surface area contributed by atoms with E-state index in [1.54, 1.807) is 0 Å². The first-order chi connectivity index (χ1) is 8.22. The van der Waals surface area contributed by atoms with Gasteiger partial charge in [0.25, 0.3) is 0 Å². The number of hydrogen-bond donors (Lipinski definition) is 0. The van der Waals surface area contributed by atoms with E-state index in [0.717, 1.165) is 16.7 Å². The Hall–Kier alpha value is -1.35. The van der Waals surface area contributed by atoms with Crippen molar-refractivity contribution in [1.82, 2.24) is 0 Å². The van der Waals surface area contributed by atoms with Gasteiger partial charge in [0.2, 0.25) is 0 Å². The predicted molar refractivity (Wildman–Crippen MR) is 73.5 cm³/mol. The highest BCUT2D eigenvalue weighted by Gasteiger charge is 2.19. The molecule has 0 aliphatic carbocycles. The molecule has 3 heteroatoms. The van der Waals surface area contributed by atoms with E-state index in [4.69, 9.17) is 0 Å². The third-order valence-corrected chi connectivity index (χ3v) is 3.67. The molecule has 0 saturated carbocycles. The first-order valence-corrected chi connectivity index (χ1v) is 6.48. The molecule has 0 unspecified atom stereocenters. The summed E-state index contributed by atoms with van der Waals surface area (Å²) in [6.45, 7) is 1.41.